The largest absolute Gasteiger partial charge is 0.308 e. The molecular formula is C5H10ClNO. The summed E-state index contributed by atoms with van der Waals surface area (Å²) in [4.78, 5) is 9.94. The lowest BCUT2D eigenvalue weighted by Gasteiger charge is -1.93. The second-order valence-electron chi connectivity index (χ2n) is 1.84. The van der Waals surface area contributed by atoms with Gasteiger partial charge in [-0.2, -0.15) is 0 Å². The molecule has 48 valence electrons. The number of carbonyl (C=O) groups excluding carboxylic acids is 1. The number of halogens is 1. The van der Waals surface area contributed by atoms with Gasteiger partial charge in [0.05, 0.1) is 6.04 Å². The average Bonchev–Trinajstić information content (AvgIpc) is 2.14. The van der Waals surface area contributed by atoms with E-state index in [1.807, 2.05) is 0 Å². The molecule has 1 atom stereocenters. The molecule has 1 heterocycles. The second kappa shape index (κ2) is 3.87. The van der Waals surface area contributed by atoms with Crippen molar-refractivity contribution in [2.45, 2.75) is 18.9 Å². The van der Waals surface area contributed by atoms with E-state index in [4.69, 9.17) is 0 Å². The maximum atomic E-state index is 9.94. The van der Waals surface area contributed by atoms with Gasteiger partial charge in [0.15, 0.2) is 0 Å². The molecule has 1 fully saturated rings. The Kier molecular flexibility index (Phi) is 3.83. The minimum atomic E-state index is 0. The van der Waals surface area contributed by atoms with E-state index in [9.17, 15) is 4.79 Å². The number of carbonyl (C=O) groups is 1. The normalized spacial score (nSPS) is 26.8. The molecule has 0 radical (unpaired) electrons. The van der Waals surface area contributed by atoms with Gasteiger partial charge in [0.25, 0.3) is 0 Å². The van der Waals surface area contributed by atoms with Crippen LogP contribution < -0.4 is 5.32 Å². The molecule has 0 aromatic carbocycles. The van der Waals surface area contributed by atoms with Gasteiger partial charge in [-0.25, -0.2) is 0 Å². The zero-order chi connectivity index (χ0) is 5.11. The van der Waals surface area contributed by atoms with Crippen molar-refractivity contribution in [3.05, 3.63) is 0 Å². The summed E-state index contributed by atoms with van der Waals surface area (Å²) in [5, 5.41) is 3.04. The zero-order valence-electron chi connectivity index (χ0n) is 4.59. The molecule has 0 aromatic rings. The first kappa shape index (κ1) is 7.92. The van der Waals surface area contributed by atoms with Crippen molar-refractivity contribution in [3.63, 3.8) is 0 Å². The Bertz CT molecular complexity index is 70.8. The number of rotatable bonds is 1. The lowest BCUT2D eigenvalue weighted by molar-refractivity contribution is -0.109. The van der Waals surface area contributed by atoms with Crippen LogP contribution in [0, 0.1) is 0 Å². The molecule has 0 spiro atoms. The van der Waals surface area contributed by atoms with Crippen molar-refractivity contribution in [1.82, 2.24) is 5.32 Å². The van der Waals surface area contributed by atoms with Gasteiger partial charge in [-0.15, -0.1) is 12.4 Å². The Balaban J connectivity index is 0.000000490. The molecule has 3 heteroatoms. The monoisotopic (exact) mass is 135 g/mol. The van der Waals surface area contributed by atoms with Crippen LogP contribution in [-0.4, -0.2) is 18.9 Å². The fraction of sp³-hybridized carbons (Fsp3) is 0.800. The Labute approximate surface area is 55.1 Å². The highest BCUT2D eigenvalue weighted by Gasteiger charge is 2.10. The van der Waals surface area contributed by atoms with Crippen molar-refractivity contribution < 1.29 is 4.79 Å². The topological polar surface area (TPSA) is 29.1 Å². The maximum Gasteiger partial charge on any atom is 0.136 e. The van der Waals surface area contributed by atoms with Crippen LogP contribution >= 0.6 is 12.4 Å². The van der Waals surface area contributed by atoms with Crippen LogP contribution in [0.2, 0.25) is 0 Å². The van der Waals surface area contributed by atoms with E-state index in [2.05, 4.69) is 5.32 Å². The number of hydrogen-bond donors (Lipinski definition) is 1. The van der Waals surface area contributed by atoms with Crippen LogP contribution in [0.15, 0.2) is 0 Å². The highest BCUT2D eigenvalue weighted by Crippen LogP contribution is 2.00. The van der Waals surface area contributed by atoms with Crippen LogP contribution in [0.4, 0.5) is 0 Å². The Morgan fingerprint density at radius 1 is 1.62 bits per heavy atom. The third kappa shape index (κ3) is 1.80. The maximum absolute atomic E-state index is 9.94. The first-order valence-electron chi connectivity index (χ1n) is 2.62. The van der Waals surface area contributed by atoms with Gasteiger partial charge in [0, 0.05) is 0 Å². The predicted octanol–water partition coefficient (Wildman–Crippen LogP) is 0.359. The summed E-state index contributed by atoms with van der Waals surface area (Å²) < 4.78 is 0. The second-order valence-corrected chi connectivity index (χ2v) is 1.84. The molecule has 0 saturated carbocycles. The molecule has 0 aromatic heterocycles. The highest BCUT2D eigenvalue weighted by atomic mass is 35.5. The van der Waals surface area contributed by atoms with E-state index < -0.39 is 0 Å². The van der Waals surface area contributed by atoms with Gasteiger partial charge in [-0.1, -0.05) is 0 Å². The van der Waals surface area contributed by atoms with Crippen molar-refractivity contribution in [3.8, 4) is 0 Å². The van der Waals surface area contributed by atoms with Crippen LogP contribution in [0.5, 0.6) is 0 Å². The van der Waals surface area contributed by atoms with Gasteiger partial charge in [-0.05, 0) is 19.4 Å². The van der Waals surface area contributed by atoms with Gasteiger partial charge in [0.2, 0.25) is 0 Å². The molecule has 0 amide bonds. The summed E-state index contributed by atoms with van der Waals surface area (Å²) in [5.41, 5.74) is 0. The number of hydrogen-bond acceptors (Lipinski definition) is 2. The molecule has 1 unspecified atom stereocenters. The van der Waals surface area contributed by atoms with Crippen molar-refractivity contribution in [1.29, 1.82) is 0 Å². The third-order valence-corrected chi connectivity index (χ3v) is 1.26. The smallest absolute Gasteiger partial charge is 0.136 e. The van der Waals surface area contributed by atoms with Crippen LogP contribution in [0.1, 0.15) is 12.8 Å². The molecule has 1 aliphatic heterocycles. The molecule has 1 saturated heterocycles. The molecule has 0 bridgehead atoms. The Morgan fingerprint density at radius 2 is 2.38 bits per heavy atom. The van der Waals surface area contributed by atoms with Crippen LogP contribution in [0.25, 0.3) is 0 Å². The van der Waals surface area contributed by atoms with E-state index in [-0.39, 0.29) is 18.4 Å². The molecule has 1 rings (SSSR count). The van der Waals surface area contributed by atoms with Crippen LogP contribution in [0.3, 0.4) is 0 Å². The summed E-state index contributed by atoms with van der Waals surface area (Å²) in [7, 11) is 0. The van der Waals surface area contributed by atoms with Crippen molar-refractivity contribution >= 4 is 18.7 Å². The fourth-order valence-electron chi connectivity index (χ4n) is 0.828. The first-order valence-corrected chi connectivity index (χ1v) is 2.62. The Morgan fingerprint density at radius 3 is 2.62 bits per heavy atom. The predicted molar refractivity (Wildman–Crippen MR) is 34.3 cm³/mol. The molecule has 1 N–H and O–H groups in total. The van der Waals surface area contributed by atoms with E-state index in [1.54, 1.807) is 0 Å². The van der Waals surface area contributed by atoms with E-state index in [0.29, 0.717) is 0 Å². The summed E-state index contributed by atoms with van der Waals surface area (Å²) in [6.45, 7) is 1.02. The average molecular weight is 136 g/mol. The minimum absolute atomic E-state index is 0. The standard InChI is InChI=1S/C5H9NO.ClH/c7-4-5-2-1-3-6-5;/h4-6H,1-3H2;1H. The number of aldehydes is 1. The van der Waals surface area contributed by atoms with E-state index >= 15 is 0 Å². The molecule has 0 aliphatic carbocycles. The lowest BCUT2D eigenvalue weighted by Crippen LogP contribution is -2.21. The van der Waals surface area contributed by atoms with Gasteiger partial charge >= 0.3 is 0 Å². The lowest BCUT2D eigenvalue weighted by atomic mass is 10.2. The zero-order valence-corrected chi connectivity index (χ0v) is 5.41. The van der Waals surface area contributed by atoms with E-state index in [1.165, 1.54) is 0 Å². The molecule has 2 nitrogen and oxygen atoms in total. The quantitative estimate of drug-likeness (QED) is 0.526. The van der Waals surface area contributed by atoms with Gasteiger partial charge in [0.1, 0.15) is 6.29 Å². The van der Waals surface area contributed by atoms with Crippen LogP contribution in [-0.2, 0) is 4.79 Å². The third-order valence-electron chi connectivity index (χ3n) is 1.26. The summed E-state index contributed by atoms with van der Waals surface area (Å²) in [6.07, 6.45) is 3.17. The SMILES string of the molecule is Cl.O=CC1CCCN1. The summed E-state index contributed by atoms with van der Waals surface area (Å²) in [5.74, 6) is 0. The number of nitrogens with one attached hydrogen (secondary N) is 1. The first-order chi connectivity index (χ1) is 3.43. The van der Waals surface area contributed by atoms with E-state index in [0.717, 1.165) is 25.7 Å². The Hall–Kier alpha value is -0.0800. The molecular weight excluding hydrogens is 126 g/mol. The van der Waals surface area contributed by atoms with Gasteiger partial charge < -0.3 is 10.1 Å². The van der Waals surface area contributed by atoms with Crippen molar-refractivity contribution in [2.75, 3.05) is 6.54 Å². The molecule has 1 aliphatic rings. The highest BCUT2D eigenvalue weighted by molar-refractivity contribution is 5.85. The summed E-state index contributed by atoms with van der Waals surface area (Å²) >= 11 is 0. The summed E-state index contributed by atoms with van der Waals surface area (Å²) in [6, 6.07) is 0.167. The fourth-order valence-corrected chi connectivity index (χ4v) is 0.828. The molecule has 8 heavy (non-hydrogen) atoms. The van der Waals surface area contributed by atoms with Crippen molar-refractivity contribution in [2.24, 2.45) is 0 Å². The minimum Gasteiger partial charge on any atom is -0.308 e. The van der Waals surface area contributed by atoms with Gasteiger partial charge in [-0.3, -0.25) is 0 Å².